The monoisotopic (exact) mass is 441 g/mol. The van der Waals surface area contributed by atoms with E-state index in [0.29, 0.717) is 22.7 Å². The standard InChI is InChI=1S/C21H19N3O6S/c1-29-16-9-13(10-17-20(27)24(11-18(22)25)21(28)31-17)7-8-15(16)30-12-19(26)23-14-5-3-2-4-6-14/h2-10H,11-12H2,1H3,(H2,22,25)(H,23,26)/b17-10-. The van der Waals surface area contributed by atoms with Crippen molar-refractivity contribution in [2.75, 3.05) is 25.6 Å². The molecule has 0 atom stereocenters. The van der Waals surface area contributed by atoms with Gasteiger partial charge in [-0.3, -0.25) is 24.1 Å². The molecule has 1 saturated heterocycles. The number of para-hydroxylation sites is 1. The summed E-state index contributed by atoms with van der Waals surface area (Å²) < 4.78 is 10.8. The maximum Gasteiger partial charge on any atom is 0.294 e. The number of nitrogens with two attached hydrogens (primary N) is 1. The van der Waals surface area contributed by atoms with Gasteiger partial charge >= 0.3 is 0 Å². The Morgan fingerprint density at radius 3 is 2.55 bits per heavy atom. The maximum absolute atomic E-state index is 12.3. The van der Waals surface area contributed by atoms with Crippen molar-refractivity contribution >= 4 is 46.5 Å². The summed E-state index contributed by atoms with van der Waals surface area (Å²) in [4.78, 5) is 48.3. The quantitative estimate of drug-likeness (QED) is 0.601. The number of hydrogen-bond donors (Lipinski definition) is 2. The lowest BCUT2D eigenvalue weighted by Gasteiger charge is -2.12. The number of carbonyl (C=O) groups excluding carboxylic acids is 4. The van der Waals surface area contributed by atoms with E-state index in [-0.39, 0.29) is 17.4 Å². The molecular formula is C21H19N3O6S. The third-order valence-electron chi connectivity index (χ3n) is 4.09. The van der Waals surface area contributed by atoms with Gasteiger partial charge in [-0.1, -0.05) is 24.3 Å². The highest BCUT2D eigenvalue weighted by Crippen LogP contribution is 2.34. The van der Waals surface area contributed by atoms with Crippen LogP contribution in [0.25, 0.3) is 6.08 Å². The molecule has 2 aromatic carbocycles. The van der Waals surface area contributed by atoms with Crippen molar-refractivity contribution in [3.05, 3.63) is 59.0 Å². The molecule has 10 heteroatoms. The van der Waals surface area contributed by atoms with Gasteiger partial charge in [0, 0.05) is 5.69 Å². The number of amides is 4. The zero-order valence-corrected chi connectivity index (χ0v) is 17.3. The van der Waals surface area contributed by atoms with Crippen LogP contribution in [0.15, 0.2) is 53.4 Å². The van der Waals surface area contributed by atoms with Crippen molar-refractivity contribution in [3.63, 3.8) is 0 Å². The number of rotatable bonds is 8. The van der Waals surface area contributed by atoms with Crippen LogP contribution in [-0.2, 0) is 14.4 Å². The first-order chi connectivity index (χ1) is 14.9. The van der Waals surface area contributed by atoms with E-state index in [2.05, 4.69) is 5.32 Å². The number of hydrogen-bond acceptors (Lipinski definition) is 7. The first-order valence-corrected chi connectivity index (χ1v) is 9.88. The molecule has 0 radical (unpaired) electrons. The molecule has 2 aromatic rings. The van der Waals surface area contributed by atoms with Crippen LogP contribution < -0.4 is 20.5 Å². The molecule has 0 aromatic heterocycles. The second-order valence-electron chi connectivity index (χ2n) is 6.35. The van der Waals surface area contributed by atoms with Crippen molar-refractivity contribution < 1.29 is 28.7 Å². The van der Waals surface area contributed by atoms with Gasteiger partial charge in [-0.15, -0.1) is 0 Å². The largest absolute Gasteiger partial charge is 0.493 e. The predicted molar refractivity (Wildman–Crippen MR) is 115 cm³/mol. The Balaban J connectivity index is 1.68. The Kier molecular flexibility index (Phi) is 6.93. The molecule has 0 aliphatic carbocycles. The summed E-state index contributed by atoms with van der Waals surface area (Å²) in [5, 5.41) is 2.15. The Hall–Kier alpha value is -3.79. The predicted octanol–water partition coefficient (Wildman–Crippen LogP) is 2.23. The lowest BCUT2D eigenvalue weighted by atomic mass is 10.2. The average molecular weight is 441 g/mol. The molecule has 1 aliphatic heterocycles. The van der Waals surface area contributed by atoms with E-state index in [1.54, 1.807) is 42.5 Å². The second kappa shape index (κ2) is 9.81. The Morgan fingerprint density at radius 1 is 1.13 bits per heavy atom. The molecule has 1 fully saturated rings. The molecule has 31 heavy (non-hydrogen) atoms. The number of thioether (sulfide) groups is 1. The molecule has 1 aliphatic rings. The Morgan fingerprint density at radius 2 is 1.87 bits per heavy atom. The first kappa shape index (κ1) is 21.9. The van der Waals surface area contributed by atoms with Crippen LogP contribution in [0, 0.1) is 0 Å². The van der Waals surface area contributed by atoms with Gasteiger partial charge < -0.3 is 20.5 Å². The van der Waals surface area contributed by atoms with Crippen molar-refractivity contribution in [2.45, 2.75) is 0 Å². The van der Waals surface area contributed by atoms with Gasteiger partial charge in [0.05, 0.1) is 12.0 Å². The number of anilines is 1. The fourth-order valence-corrected chi connectivity index (χ4v) is 3.54. The maximum atomic E-state index is 12.3. The fraction of sp³-hybridized carbons (Fsp3) is 0.143. The number of primary amides is 1. The van der Waals surface area contributed by atoms with E-state index in [4.69, 9.17) is 15.2 Å². The molecule has 4 amide bonds. The number of methoxy groups -OCH3 is 1. The van der Waals surface area contributed by atoms with Crippen molar-refractivity contribution in [1.82, 2.24) is 4.90 Å². The SMILES string of the molecule is COc1cc(/C=C2\SC(=O)N(CC(N)=O)C2=O)ccc1OCC(=O)Nc1ccccc1. The van der Waals surface area contributed by atoms with Crippen molar-refractivity contribution in [3.8, 4) is 11.5 Å². The molecule has 160 valence electrons. The molecule has 9 nitrogen and oxygen atoms in total. The van der Waals surface area contributed by atoms with E-state index < -0.39 is 23.6 Å². The Bertz CT molecular complexity index is 1050. The minimum absolute atomic E-state index is 0.157. The van der Waals surface area contributed by atoms with Crippen LogP contribution in [0.2, 0.25) is 0 Å². The zero-order valence-electron chi connectivity index (χ0n) is 16.5. The summed E-state index contributed by atoms with van der Waals surface area (Å²) in [5.41, 5.74) is 6.30. The van der Waals surface area contributed by atoms with Crippen LogP contribution >= 0.6 is 11.8 Å². The molecule has 3 rings (SSSR count). The fourth-order valence-electron chi connectivity index (χ4n) is 2.70. The topological polar surface area (TPSA) is 128 Å². The summed E-state index contributed by atoms with van der Waals surface area (Å²) in [7, 11) is 1.44. The number of nitrogens with one attached hydrogen (secondary N) is 1. The van der Waals surface area contributed by atoms with Gasteiger partial charge in [0.2, 0.25) is 5.91 Å². The van der Waals surface area contributed by atoms with E-state index >= 15 is 0 Å². The van der Waals surface area contributed by atoms with E-state index in [1.807, 2.05) is 6.07 Å². The lowest BCUT2D eigenvalue weighted by molar-refractivity contribution is -0.127. The van der Waals surface area contributed by atoms with Crippen LogP contribution in [0.5, 0.6) is 11.5 Å². The van der Waals surface area contributed by atoms with Gasteiger partial charge in [0.1, 0.15) is 6.54 Å². The summed E-state index contributed by atoms with van der Waals surface area (Å²) in [6, 6.07) is 13.8. The highest BCUT2D eigenvalue weighted by molar-refractivity contribution is 8.18. The number of nitrogens with zero attached hydrogens (tertiary/aromatic N) is 1. The number of benzene rings is 2. The van der Waals surface area contributed by atoms with Gasteiger partial charge in [-0.2, -0.15) is 0 Å². The molecule has 0 bridgehead atoms. The highest BCUT2D eigenvalue weighted by atomic mass is 32.2. The molecular weight excluding hydrogens is 422 g/mol. The summed E-state index contributed by atoms with van der Waals surface area (Å²) >= 11 is 0.717. The minimum Gasteiger partial charge on any atom is -0.493 e. The van der Waals surface area contributed by atoms with Gasteiger partial charge in [0.15, 0.2) is 18.1 Å². The summed E-state index contributed by atoms with van der Waals surface area (Å²) in [5.74, 6) is -1.02. The number of imide groups is 1. The third kappa shape index (κ3) is 5.64. The first-order valence-electron chi connectivity index (χ1n) is 9.07. The number of carbonyl (C=O) groups is 4. The normalized spacial score (nSPS) is 14.6. The minimum atomic E-state index is -0.775. The lowest BCUT2D eigenvalue weighted by Crippen LogP contribution is -2.36. The molecule has 1 heterocycles. The van der Waals surface area contributed by atoms with Crippen LogP contribution in [0.4, 0.5) is 10.5 Å². The van der Waals surface area contributed by atoms with E-state index in [0.717, 1.165) is 16.7 Å². The number of ether oxygens (including phenoxy) is 2. The molecule has 0 spiro atoms. The highest BCUT2D eigenvalue weighted by Gasteiger charge is 2.35. The Labute approximate surface area is 182 Å². The second-order valence-corrected chi connectivity index (χ2v) is 7.34. The zero-order chi connectivity index (χ0) is 22.4. The summed E-state index contributed by atoms with van der Waals surface area (Å²) in [6.07, 6.45) is 1.50. The van der Waals surface area contributed by atoms with Gasteiger partial charge in [-0.05, 0) is 47.7 Å². The summed E-state index contributed by atoms with van der Waals surface area (Å²) in [6.45, 7) is -0.695. The average Bonchev–Trinajstić information content (AvgIpc) is 3.00. The van der Waals surface area contributed by atoms with Crippen LogP contribution in [0.3, 0.4) is 0 Å². The van der Waals surface area contributed by atoms with E-state index in [9.17, 15) is 19.2 Å². The molecule has 0 unspecified atom stereocenters. The van der Waals surface area contributed by atoms with Gasteiger partial charge in [0.25, 0.3) is 17.1 Å². The molecule has 0 saturated carbocycles. The van der Waals surface area contributed by atoms with Crippen LogP contribution in [-0.4, -0.2) is 48.1 Å². The third-order valence-corrected chi connectivity index (χ3v) is 5.00. The van der Waals surface area contributed by atoms with Gasteiger partial charge in [-0.25, -0.2) is 0 Å². The smallest absolute Gasteiger partial charge is 0.294 e. The van der Waals surface area contributed by atoms with Crippen molar-refractivity contribution in [2.24, 2.45) is 5.73 Å². The van der Waals surface area contributed by atoms with Crippen LogP contribution in [0.1, 0.15) is 5.56 Å². The van der Waals surface area contributed by atoms with Crippen molar-refractivity contribution in [1.29, 1.82) is 0 Å². The molecule has 3 N–H and O–H groups in total. The van der Waals surface area contributed by atoms with E-state index in [1.165, 1.54) is 13.2 Å².